The van der Waals surface area contributed by atoms with Crippen LogP contribution in [0.4, 0.5) is 10.6 Å². The van der Waals surface area contributed by atoms with E-state index in [0.717, 1.165) is 35.1 Å². The Hall–Kier alpha value is -4.14. The summed E-state index contributed by atoms with van der Waals surface area (Å²) < 4.78 is 5.53. The third-order valence-electron chi connectivity index (χ3n) is 6.71. The molecule has 35 heavy (non-hydrogen) atoms. The van der Waals surface area contributed by atoms with Crippen molar-refractivity contribution in [3.05, 3.63) is 71.4 Å². The second kappa shape index (κ2) is 9.61. The minimum Gasteiger partial charge on any atom is -0.481 e. The van der Waals surface area contributed by atoms with Crippen molar-refractivity contribution in [3.8, 4) is 11.1 Å². The number of carbonyl (C=O) groups is 3. The lowest BCUT2D eigenvalue weighted by Gasteiger charge is -2.23. The van der Waals surface area contributed by atoms with Crippen LogP contribution in [0.5, 0.6) is 0 Å². The minimum absolute atomic E-state index is 0.0199. The van der Waals surface area contributed by atoms with Crippen molar-refractivity contribution in [3.63, 3.8) is 0 Å². The number of aromatic nitrogens is 2. The second-order valence-electron chi connectivity index (χ2n) is 8.84. The molecule has 1 atom stereocenters. The van der Waals surface area contributed by atoms with E-state index in [2.05, 4.69) is 39.8 Å². The monoisotopic (exact) mass is 474 g/mol. The van der Waals surface area contributed by atoms with Gasteiger partial charge in [0.2, 0.25) is 0 Å². The average Bonchev–Trinajstić information content (AvgIpc) is 3.59. The average molecular weight is 475 g/mol. The van der Waals surface area contributed by atoms with Gasteiger partial charge in [-0.3, -0.25) is 20.0 Å². The van der Waals surface area contributed by atoms with Crippen LogP contribution in [0.25, 0.3) is 11.1 Å². The Bertz CT molecular complexity index is 1220. The van der Waals surface area contributed by atoms with Crippen LogP contribution in [0.2, 0.25) is 0 Å². The van der Waals surface area contributed by atoms with Crippen LogP contribution in [-0.4, -0.2) is 57.4 Å². The van der Waals surface area contributed by atoms with Crippen LogP contribution in [0.15, 0.2) is 54.6 Å². The third kappa shape index (κ3) is 4.62. The molecule has 1 aliphatic heterocycles. The number of likely N-dealkylation sites (tertiary alicyclic amines) is 1. The van der Waals surface area contributed by atoms with Crippen molar-refractivity contribution in [2.75, 3.05) is 18.5 Å². The zero-order valence-corrected chi connectivity index (χ0v) is 19.1. The Morgan fingerprint density at radius 1 is 1.09 bits per heavy atom. The highest BCUT2D eigenvalue weighted by Gasteiger charge is 2.31. The highest BCUT2D eigenvalue weighted by molar-refractivity contribution is 5.94. The molecule has 1 aromatic heterocycles. The molecule has 3 N–H and O–H groups in total. The number of aromatic amines is 1. The maximum absolute atomic E-state index is 12.9. The zero-order chi connectivity index (χ0) is 24.4. The molecule has 5 rings (SSSR count). The zero-order valence-electron chi connectivity index (χ0n) is 19.1. The maximum Gasteiger partial charge on any atom is 0.412 e. The number of rotatable bonds is 7. The van der Waals surface area contributed by atoms with Gasteiger partial charge in [0.1, 0.15) is 12.3 Å². The highest BCUT2D eigenvalue weighted by atomic mass is 16.5. The number of hydrogen-bond donors (Lipinski definition) is 3. The van der Waals surface area contributed by atoms with Gasteiger partial charge in [0.05, 0.1) is 0 Å². The van der Waals surface area contributed by atoms with Gasteiger partial charge in [0.25, 0.3) is 5.91 Å². The van der Waals surface area contributed by atoms with E-state index in [1.165, 1.54) is 6.07 Å². The van der Waals surface area contributed by atoms with Crippen molar-refractivity contribution in [2.45, 2.75) is 37.6 Å². The number of carboxylic acid groups (broad SMARTS) is 1. The van der Waals surface area contributed by atoms with E-state index >= 15 is 0 Å². The summed E-state index contributed by atoms with van der Waals surface area (Å²) >= 11 is 0. The number of benzene rings is 2. The lowest BCUT2D eigenvalue weighted by molar-refractivity contribution is -0.137. The summed E-state index contributed by atoms with van der Waals surface area (Å²) in [4.78, 5) is 38.0. The predicted molar refractivity (Wildman–Crippen MR) is 128 cm³/mol. The Morgan fingerprint density at radius 2 is 1.77 bits per heavy atom. The molecule has 2 heterocycles. The Kier molecular flexibility index (Phi) is 6.22. The molecule has 2 aromatic carbocycles. The van der Waals surface area contributed by atoms with Gasteiger partial charge in [-0.1, -0.05) is 48.5 Å². The molecule has 1 fully saturated rings. The molecule has 0 radical (unpaired) electrons. The largest absolute Gasteiger partial charge is 0.481 e. The summed E-state index contributed by atoms with van der Waals surface area (Å²) in [5.41, 5.74) is 4.78. The first-order valence-electron chi connectivity index (χ1n) is 11.7. The Labute approximate surface area is 202 Å². The molecule has 9 nitrogen and oxygen atoms in total. The molecule has 2 amide bonds. The van der Waals surface area contributed by atoms with E-state index in [1.807, 2.05) is 24.3 Å². The van der Waals surface area contributed by atoms with Gasteiger partial charge in [-0.25, -0.2) is 4.79 Å². The number of amides is 2. The van der Waals surface area contributed by atoms with Crippen LogP contribution >= 0.6 is 0 Å². The second-order valence-corrected chi connectivity index (χ2v) is 8.84. The van der Waals surface area contributed by atoms with Crippen molar-refractivity contribution < 1.29 is 24.2 Å². The molecule has 9 heteroatoms. The molecule has 1 saturated heterocycles. The number of carboxylic acids is 1. The summed E-state index contributed by atoms with van der Waals surface area (Å²) in [5, 5.41) is 18.2. The Balaban J connectivity index is 1.20. The first-order valence-corrected chi connectivity index (χ1v) is 11.7. The number of H-pyrrole nitrogens is 1. The van der Waals surface area contributed by atoms with Gasteiger partial charge in [0.15, 0.2) is 5.82 Å². The number of fused-ring (bicyclic) bond motifs is 3. The van der Waals surface area contributed by atoms with Crippen LogP contribution < -0.4 is 5.32 Å². The first-order chi connectivity index (χ1) is 17.0. The van der Waals surface area contributed by atoms with Crippen molar-refractivity contribution in [1.82, 2.24) is 15.1 Å². The number of anilines is 1. The van der Waals surface area contributed by atoms with Crippen molar-refractivity contribution >= 4 is 23.8 Å². The smallest absolute Gasteiger partial charge is 0.412 e. The molecule has 0 spiro atoms. The van der Waals surface area contributed by atoms with Gasteiger partial charge in [-0.05, 0) is 41.5 Å². The summed E-state index contributed by atoms with van der Waals surface area (Å²) in [5.74, 6) is -0.999. The lowest BCUT2D eigenvalue weighted by atomic mass is 9.98. The van der Waals surface area contributed by atoms with Gasteiger partial charge >= 0.3 is 12.1 Å². The summed E-state index contributed by atoms with van der Waals surface area (Å²) in [6, 6.07) is 17.6. The van der Waals surface area contributed by atoms with Crippen LogP contribution in [0, 0.1) is 0 Å². The number of hydrogen-bond acceptors (Lipinski definition) is 5. The molecule has 2 aliphatic rings. The van der Waals surface area contributed by atoms with E-state index < -0.39 is 12.1 Å². The number of carbonyl (C=O) groups excluding carboxylic acids is 2. The normalized spacial score (nSPS) is 16.6. The summed E-state index contributed by atoms with van der Waals surface area (Å²) in [7, 11) is 0. The number of nitrogens with one attached hydrogen (secondary N) is 2. The van der Waals surface area contributed by atoms with Crippen LogP contribution in [0.3, 0.4) is 0 Å². The molecule has 180 valence electrons. The number of nitrogens with zero attached hydrogens (tertiary/aromatic N) is 2. The maximum atomic E-state index is 12.9. The highest BCUT2D eigenvalue weighted by Crippen LogP contribution is 2.44. The molecular weight excluding hydrogens is 448 g/mol. The van der Waals surface area contributed by atoms with Gasteiger partial charge < -0.3 is 14.7 Å². The minimum atomic E-state index is -0.875. The molecule has 3 aromatic rings. The van der Waals surface area contributed by atoms with E-state index in [0.29, 0.717) is 13.0 Å². The molecule has 1 aliphatic carbocycles. The SMILES string of the molecule is O=C(O)CCC1CCCN1C(=O)c1cc(NC(=O)OCC2c3ccccc3-c3ccccc32)n[nH]1. The number of aliphatic carboxylic acids is 1. The van der Waals surface area contributed by atoms with Crippen LogP contribution in [-0.2, 0) is 9.53 Å². The molecule has 1 unspecified atom stereocenters. The fourth-order valence-corrected chi connectivity index (χ4v) is 5.08. The fourth-order valence-electron chi connectivity index (χ4n) is 5.08. The Morgan fingerprint density at radius 3 is 2.46 bits per heavy atom. The summed E-state index contributed by atoms with van der Waals surface area (Å²) in [6.07, 6.45) is 1.39. The first kappa shape index (κ1) is 22.6. The van der Waals surface area contributed by atoms with E-state index in [-0.39, 0.29) is 42.4 Å². The van der Waals surface area contributed by atoms with Gasteiger partial charge in [-0.2, -0.15) is 5.10 Å². The van der Waals surface area contributed by atoms with E-state index in [4.69, 9.17) is 9.84 Å². The topological polar surface area (TPSA) is 125 Å². The van der Waals surface area contributed by atoms with Gasteiger partial charge in [0, 0.05) is 31.0 Å². The van der Waals surface area contributed by atoms with Gasteiger partial charge in [-0.15, -0.1) is 0 Å². The molecule has 0 saturated carbocycles. The molecular formula is C26H26N4O5. The standard InChI is InChI=1S/C26H26N4O5/c31-24(32)12-11-16-6-5-13-30(16)25(33)22-14-23(29-28-22)27-26(34)35-15-21-19-9-3-1-7-17(19)18-8-2-4-10-20(18)21/h1-4,7-10,14,16,21H,5-6,11-13,15H2,(H,31,32)(H2,27,28,29,34). The fraction of sp³-hybridized carbons (Fsp3) is 0.308. The lowest BCUT2D eigenvalue weighted by Crippen LogP contribution is -2.36. The number of ether oxygens (including phenoxy) is 1. The van der Waals surface area contributed by atoms with Crippen molar-refractivity contribution in [1.29, 1.82) is 0 Å². The summed E-state index contributed by atoms with van der Waals surface area (Å²) in [6.45, 7) is 0.742. The predicted octanol–water partition coefficient (Wildman–Crippen LogP) is 4.24. The van der Waals surface area contributed by atoms with Crippen LogP contribution in [0.1, 0.15) is 53.2 Å². The molecule has 0 bridgehead atoms. The van der Waals surface area contributed by atoms with E-state index in [1.54, 1.807) is 4.90 Å². The third-order valence-corrected chi connectivity index (χ3v) is 6.71. The van der Waals surface area contributed by atoms with Crippen molar-refractivity contribution in [2.24, 2.45) is 0 Å². The quantitative estimate of drug-likeness (QED) is 0.470. The van der Waals surface area contributed by atoms with E-state index in [9.17, 15) is 14.4 Å².